The van der Waals surface area contributed by atoms with Crippen molar-refractivity contribution in [1.82, 2.24) is 20.6 Å². The van der Waals surface area contributed by atoms with E-state index < -0.39 is 0 Å². The predicted octanol–water partition coefficient (Wildman–Crippen LogP) is 2.06. The summed E-state index contributed by atoms with van der Waals surface area (Å²) in [6, 6.07) is 6.10. The van der Waals surface area contributed by atoms with E-state index in [1.165, 1.54) is 0 Å². The minimum atomic E-state index is 0.528. The summed E-state index contributed by atoms with van der Waals surface area (Å²) >= 11 is 8.73. The zero-order valence-corrected chi connectivity index (χ0v) is 15.6. The number of H-pyrrole nitrogens is 1. The first-order valence-corrected chi connectivity index (χ1v) is 9.06. The van der Waals surface area contributed by atoms with Gasteiger partial charge in [-0.05, 0) is 30.4 Å². The molecule has 6 nitrogen and oxygen atoms in total. The van der Waals surface area contributed by atoms with Gasteiger partial charge in [-0.3, -0.25) is 10.3 Å². The predicted molar refractivity (Wildman–Crippen MR) is 105 cm³/mol. The minimum Gasteiger partial charge on any atom is -0.379 e. The fourth-order valence-electron chi connectivity index (χ4n) is 2.57. The molecule has 0 atom stereocenters. The Morgan fingerprint density at radius 3 is 3.08 bits per heavy atom. The first-order chi connectivity index (χ1) is 11.7. The molecule has 2 heterocycles. The second kappa shape index (κ2) is 8.57. The van der Waals surface area contributed by atoms with Crippen LogP contribution in [0, 0.1) is 0 Å². The van der Waals surface area contributed by atoms with E-state index in [2.05, 4.69) is 47.7 Å². The van der Waals surface area contributed by atoms with Crippen LogP contribution in [0.5, 0.6) is 0 Å². The molecule has 0 spiro atoms. The van der Waals surface area contributed by atoms with Crippen molar-refractivity contribution in [2.75, 3.05) is 39.4 Å². The number of fused-ring (bicyclic) bond motifs is 1. The number of thiocarbonyl (C=S) groups is 1. The summed E-state index contributed by atoms with van der Waals surface area (Å²) in [5.74, 6) is 0. The van der Waals surface area contributed by atoms with Crippen molar-refractivity contribution < 1.29 is 4.74 Å². The molecule has 0 aliphatic carbocycles. The fourth-order valence-corrected chi connectivity index (χ4v) is 3.09. The summed E-state index contributed by atoms with van der Waals surface area (Å²) in [4.78, 5) is 5.57. The Kier molecular flexibility index (Phi) is 6.19. The quantitative estimate of drug-likeness (QED) is 0.400. The lowest BCUT2D eigenvalue weighted by Crippen LogP contribution is -2.42. The van der Waals surface area contributed by atoms with E-state index in [0.29, 0.717) is 5.11 Å². The molecule has 2 aromatic rings. The van der Waals surface area contributed by atoms with Crippen molar-refractivity contribution >= 4 is 50.4 Å². The standard InChI is InChI=1S/C16H20BrN5OS/c17-13-1-2-15-14(9-13)12(10-19-15)11-20-21-16(24)18-3-4-22-5-7-23-8-6-22/h1-2,9-11,19H,3-8H2,(H2,18,21,24)/b20-11+. The maximum Gasteiger partial charge on any atom is 0.187 e. The molecule has 1 aromatic carbocycles. The number of aromatic amines is 1. The highest BCUT2D eigenvalue weighted by Crippen LogP contribution is 2.21. The Morgan fingerprint density at radius 2 is 2.25 bits per heavy atom. The van der Waals surface area contributed by atoms with Crippen LogP contribution in [-0.2, 0) is 4.74 Å². The van der Waals surface area contributed by atoms with Crippen LogP contribution >= 0.6 is 28.1 Å². The first-order valence-electron chi connectivity index (χ1n) is 7.86. The zero-order chi connectivity index (χ0) is 16.8. The Balaban J connectivity index is 1.44. The summed E-state index contributed by atoms with van der Waals surface area (Å²) in [5.41, 5.74) is 4.94. The number of nitrogens with one attached hydrogen (secondary N) is 3. The molecular formula is C16H20BrN5OS. The van der Waals surface area contributed by atoms with Crippen LogP contribution in [0.1, 0.15) is 5.56 Å². The second-order valence-corrected chi connectivity index (χ2v) is 6.84. The molecule has 1 aliphatic rings. The molecule has 0 amide bonds. The van der Waals surface area contributed by atoms with Crippen LogP contribution in [0.25, 0.3) is 10.9 Å². The highest BCUT2D eigenvalue weighted by molar-refractivity contribution is 9.10. The molecular weight excluding hydrogens is 390 g/mol. The molecule has 3 N–H and O–H groups in total. The Hall–Kier alpha value is -1.48. The van der Waals surface area contributed by atoms with E-state index in [4.69, 9.17) is 17.0 Å². The maximum absolute atomic E-state index is 5.33. The topological polar surface area (TPSA) is 64.7 Å². The summed E-state index contributed by atoms with van der Waals surface area (Å²) < 4.78 is 6.37. The van der Waals surface area contributed by atoms with Gasteiger partial charge in [0.2, 0.25) is 0 Å². The van der Waals surface area contributed by atoms with Gasteiger partial charge in [-0.2, -0.15) is 5.10 Å². The van der Waals surface area contributed by atoms with Gasteiger partial charge < -0.3 is 15.0 Å². The molecule has 128 valence electrons. The summed E-state index contributed by atoms with van der Waals surface area (Å²) in [5, 5.41) is 9.02. The van der Waals surface area contributed by atoms with E-state index in [1.807, 2.05) is 18.3 Å². The largest absolute Gasteiger partial charge is 0.379 e. The number of hydrazone groups is 1. The van der Waals surface area contributed by atoms with E-state index in [9.17, 15) is 0 Å². The summed E-state index contributed by atoms with van der Waals surface area (Å²) in [6.45, 7) is 5.33. The molecule has 3 rings (SSSR count). The van der Waals surface area contributed by atoms with Crippen molar-refractivity contribution in [2.24, 2.45) is 5.10 Å². The smallest absolute Gasteiger partial charge is 0.187 e. The number of aromatic nitrogens is 1. The van der Waals surface area contributed by atoms with Crippen LogP contribution in [-0.4, -0.2) is 60.6 Å². The van der Waals surface area contributed by atoms with Crippen molar-refractivity contribution in [3.63, 3.8) is 0 Å². The maximum atomic E-state index is 5.33. The SMILES string of the molecule is S=C(NCCN1CCOCC1)N/N=C/c1c[nH]c2ccc(Br)cc12. The normalized spacial score (nSPS) is 15.9. The van der Waals surface area contributed by atoms with E-state index in [-0.39, 0.29) is 0 Å². The van der Waals surface area contributed by atoms with Crippen molar-refractivity contribution in [2.45, 2.75) is 0 Å². The Morgan fingerprint density at radius 1 is 1.42 bits per heavy atom. The molecule has 1 aliphatic heterocycles. The number of hydrogen-bond acceptors (Lipinski definition) is 4. The van der Waals surface area contributed by atoms with Gasteiger partial charge >= 0.3 is 0 Å². The molecule has 1 saturated heterocycles. The van der Waals surface area contributed by atoms with Gasteiger partial charge in [0.15, 0.2) is 5.11 Å². The van der Waals surface area contributed by atoms with Crippen LogP contribution in [0.15, 0.2) is 34.0 Å². The third kappa shape index (κ3) is 4.76. The van der Waals surface area contributed by atoms with E-state index >= 15 is 0 Å². The van der Waals surface area contributed by atoms with Gasteiger partial charge in [0.1, 0.15) is 0 Å². The number of ether oxygens (including phenoxy) is 1. The van der Waals surface area contributed by atoms with Gasteiger partial charge in [-0.25, -0.2) is 0 Å². The van der Waals surface area contributed by atoms with Crippen molar-refractivity contribution in [3.05, 3.63) is 34.4 Å². The van der Waals surface area contributed by atoms with Crippen LogP contribution in [0.2, 0.25) is 0 Å². The molecule has 24 heavy (non-hydrogen) atoms. The van der Waals surface area contributed by atoms with Gasteiger partial charge in [-0.15, -0.1) is 0 Å². The van der Waals surface area contributed by atoms with Crippen LogP contribution in [0.3, 0.4) is 0 Å². The third-order valence-electron chi connectivity index (χ3n) is 3.86. The summed E-state index contributed by atoms with van der Waals surface area (Å²) in [7, 11) is 0. The number of rotatable bonds is 5. The number of halogens is 1. The Bertz CT molecular complexity index is 726. The third-order valence-corrected chi connectivity index (χ3v) is 4.59. The average molecular weight is 410 g/mol. The van der Waals surface area contributed by atoms with Gasteiger partial charge in [0.25, 0.3) is 0 Å². The monoisotopic (exact) mass is 409 g/mol. The van der Waals surface area contributed by atoms with Crippen molar-refractivity contribution in [3.8, 4) is 0 Å². The molecule has 0 radical (unpaired) electrons. The fraction of sp³-hybridized carbons (Fsp3) is 0.375. The van der Waals surface area contributed by atoms with Gasteiger partial charge in [0, 0.05) is 53.3 Å². The van der Waals surface area contributed by atoms with E-state index in [1.54, 1.807) is 6.21 Å². The summed E-state index contributed by atoms with van der Waals surface area (Å²) in [6.07, 6.45) is 3.69. The lowest BCUT2D eigenvalue weighted by molar-refractivity contribution is 0.0389. The second-order valence-electron chi connectivity index (χ2n) is 5.51. The van der Waals surface area contributed by atoms with Crippen molar-refractivity contribution in [1.29, 1.82) is 0 Å². The number of nitrogens with zero attached hydrogens (tertiary/aromatic N) is 2. The van der Waals surface area contributed by atoms with Crippen LogP contribution in [0.4, 0.5) is 0 Å². The lowest BCUT2D eigenvalue weighted by atomic mass is 10.2. The zero-order valence-electron chi connectivity index (χ0n) is 13.2. The molecule has 1 fully saturated rings. The van der Waals surface area contributed by atoms with E-state index in [0.717, 1.165) is 60.3 Å². The highest BCUT2D eigenvalue weighted by Gasteiger charge is 2.09. The van der Waals surface area contributed by atoms with Gasteiger partial charge in [-0.1, -0.05) is 15.9 Å². The number of morpholine rings is 1. The molecule has 1 aromatic heterocycles. The first kappa shape index (κ1) is 17.3. The molecule has 0 saturated carbocycles. The van der Waals surface area contributed by atoms with Gasteiger partial charge in [0.05, 0.1) is 19.4 Å². The average Bonchev–Trinajstić information content (AvgIpc) is 2.98. The number of hydrogen-bond donors (Lipinski definition) is 3. The molecule has 0 bridgehead atoms. The molecule has 8 heteroatoms. The highest BCUT2D eigenvalue weighted by atomic mass is 79.9. The number of benzene rings is 1. The molecule has 0 unspecified atom stereocenters. The minimum absolute atomic E-state index is 0.528. The Labute approximate surface area is 154 Å². The lowest BCUT2D eigenvalue weighted by Gasteiger charge is -2.26. The van der Waals surface area contributed by atoms with Crippen LogP contribution < -0.4 is 10.7 Å².